The van der Waals surface area contributed by atoms with E-state index in [9.17, 15) is 9.90 Å². The van der Waals surface area contributed by atoms with Crippen LogP contribution in [-0.4, -0.2) is 38.2 Å². The maximum atomic E-state index is 11.2. The second-order valence-electron chi connectivity index (χ2n) is 5.28. The monoisotopic (exact) mass is 355 g/mol. The average molecular weight is 355 g/mol. The molecule has 3 aromatic rings. The zero-order valence-electron chi connectivity index (χ0n) is 13.8. The zero-order chi connectivity index (χ0) is 17.8. The number of aliphatic carboxylic acids is 1. The number of para-hydroxylation sites is 2. The molecule has 0 aliphatic carbocycles. The number of thioether (sulfide) groups is 1. The van der Waals surface area contributed by atoms with E-state index in [2.05, 4.69) is 10.2 Å². The van der Waals surface area contributed by atoms with Crippen LogP contribution in [0.1, 0.15) is 6.92 Å². The van der Waals surface area contributed by atoms with Crippen LogP contribution in [0.15, 0.2) is 59.8 Å². The van der Waals surface area contributed by atoms with Crippen molar-refractivity contribution >= 4 is 17.7 Å². The molecule has 0 fully saturated rings. The number of nitrogens with zero attached hydrogens (tertiary/aromatic N) is 3. The summed E-state index contributed by atoms with van der Waals surface area (Å²) in [7, 11) is 1.60. The third kappa shape index (κ3) is 3.51. The van der Waals surface area contributed by atoms with Gasteiger partial charge < -0.3 is 9.84 Å². The molecule has 0 spiro atoms. The molecule has 1 aromatic heterocycles. The quantitative estimate of drug-likeness (QED) is 0.682. The Labute approximate surface area is 149 Å². The summed E-state index contributed by atoms with van der Waals surface area (Å²) in [5, 5.41) is 17.6. The predicted octanol–water partition coefficient (Wildman–Crippen LogP) is 3.51. The number of carbonyl (C=O) groups is 1. The van der Waals surface area contributed by atoms with Crippen LogP contribution in [0.2, 0.25) is 0 Å². The number of carboxylic acid groups (broad SMARTS) is 1. The molecule has 0 saturated carbocycles. The predicted molar refractivity (Wildman–Crippen MR) is 96.3 cm³/mol. The van der Waals surface area contributed by atoms with Crippen molar-refractivity contribution in [3.8, 4) is 22.8 Å². The van der Waals surface area contributed by atoms with Gasteiger partial charge in [0.05, 0.1) is 12.8 Å². The minimum absolute atomic E-state index is 0.498. The molecule has 1 unspecified atom stereocenters. The lowest BCUT2D eigenvalue weighted by Gasteiger charge is -2.14. The summed E-state index contributed by atoms with van der Waals surface area (Å²) in [6.07, 6.45) is 0. The Kier molecular flexibility index (Phi) is 5.04. The first kappa shape index (κ1) is 17.0. The molecule has 25 heavy (non-hydrogen) atoms. The molecule has 7 heteroatoms. The van der Waals surface area contributed by atoms with E-state index in [1.54, 1.807) is 14.0 Å². The number of hydrogen-bond donors (Lipinski definition) is 1. The van der Waals surface area contributed by atoms with Crippen LogP contribution < -0.4 is 4.74 Å². The van der Waals surface area contributed by atoms with Gasteiger partial charge in [0.25, 0.3) is 0 Å². The van der Waals surface area contributed by atoms with Gasteiger partial charge in [-0.05, 0) is 19.1 Å². The molecule has 3 rings (SSSR count). The lowest BCUT2D eigenvalue weighted by Crippen LogP contribution is -2.13. The standard InChI is InChI=1S/C18H17N3O3S/c1-12(17(22)23)25-18-20-19-16(13-8-4-3-5-9-13)21(18)14-10-6-7-11-15(14)24-2/h3-12H,1-2H3,(H,22,23). The van der Waals surface area contributed by atoms with Gasteiger partial charge in [-0.1, -0.05) is 54.2 Å². The number of methoxy groups -OCH3 is 1. The minimum Gasteiger partial charge on any atom is -0.495 e. The van der Waals surface area contributed by atoms with Crippen molar-refractivity contribution in [3.05, 3.63) is 54.6 Å². The largest absolute Gasteiger partial charge is 0.495 e. The van der Waals surface area contributed by atoms with Crippen molar-refractivity contribution in [1.29, 1.82) is 0 Å². The van der Waals surface area contributed by atoms with Crippen molar-refractivity contribution in [3.63, 3.8) is 0 Å². The Bertz CT molecular complexity index is 880. The molecule has 128 valence electrons. The summed E-state index contributed by atoms with van der Waals surface area (Å²) < 4.78 is 7.30. The molecule has 1 heterocycles. The first-order valence-corrected chi connectivity index (χ1v) is 8.53. The van der Waals surface area contributed by atoms with E-state index in [0.717, 1.165) is 23.0 Å². The molecule has 0 aliphatic rings. The number of ether oxygens (including phenoxy) is 1. The van der Waals surface area contributed by atoms with Crippen LogP contribution in [0.4, 0.5) is 0 Å². The van der Waals surface area contributed by atoms with Gasteiger partial charge in [0.15, 0.2) is 11.0 Å². The highest BCUT2D eigenvalue weighted by atomic mass is 32.2. The van der Waals surface area contributed by atoms with Crippen molar-refractivity contribution in [2.45, 2.75) is 17.3 Å². The number of benzene rings is 2. The molecule has 0 bridgehead atoms. The van der Waals surface area contributed by atoms with Gasteiger partial charge in [-0.3, -0.25) is 9.36 Å². The van der Waals surface area contributed by atoms with Gasteiger partial charge in [-0.15, -0.1) is 10.2 Å². The van der Waals surface area contributed by atoms with Gasteiger partial charge in [0.1, 0.15) is 11.0 Å². The van der Waals surface area contributed by atoms with E-state index < -0.39 is 11.2 Å². The van der Waals surface area contributed by atoms with Gasteiger partial charge in [0.2, 0.25) is 0 Å². The summed E-state index contributed by atoms with van der Waals surface area (Å²) >= 11 is 1.14. The van der Waals surface area contributed by atoms with E-state index >= 15 is 0 Å². The molecular weight excluding hydrogens is 338 g/mol. The fourth-order valence-electron chi connectivity index (χ4n) is 2.36. The van der Waals surface area contributed by atoms with Gasteiger partial charge in [-0.2, -0.15) is 0 Å². The Morgan fingerprint density at radius 2 is 1.80 bits per heavy atom. The lowest BCUT2D eigenvalue weighted by molar-refractivity contribution is -0.136. The number of rotatable bonds is 6. The van der Waals surface area contributed by atoms with Crippen LogP contribution in [0.5, 0.6) is 5.75 Å². The molecule has 6 nitrogen and oxygen atoms in total. The maximum absolute atomic E-state index is 11.2. The SMILES string of the molecule is COc1ccccc1-n1c(SC(C)C(=O)O)nnc1-c1ccccc1. The highest BCUT2D eigenvalue weighted by Gasteiger charge is 2.22. The van der Waals surface area contributed by atoms with Gasteiger partial charge >= 0.3 is 5.97 Å². The van der Waals surface area contributed by atoms with Crippen LogP contribution in [0.25, 0.3) is 17.1 Å². The molecule has 1 atom stereocenters. The molecule has 2 aromatic carbocycles. The molecule has 0 aliphatic heterocycles. The highest BCUT2D eigenvalue weighted by Crippen LogP contribution is 2.33. The van der Waals surface area contributed by atoms with E-state index in [1.165, 1.54) is 0 Å². The Hall–Kier alpha value is -2.80. The van der Waals surface area contributed by atoms with Crippen molar-refractivity contribution < 1.29 is 14.6 Å². The highest BCUT2D eigenvalue weighted by molar-refractivity contribution is 8.00. The Morgan fingerprint density at radius 3 is 2.48 bits per heavy atom. The van der Waals surface area contributed by atoms with Crippen LogP contribution >= 0.6 is 11.8 Å². The Balaban J connectivity index is 2.18. The summed E-state index contributed by atoms with van der Waals surface area (Å²) in [5.74, 6) is 0.385. The Morgan fingerprint density at radius 1 is 1.12 bits per heavy atom. The van der Waals surface area contributed by atoms with Gasteiger partial charge in [-0.25, -0.2) is 0 Å². The topological polar surface area (TPSA) is 77.2 Å². The first-order valence-electron chi connectivity index (χ1n) is 7.65. The van der Waals surface area contributed by atoms with Crippen molar-refractivity contribution in [2.24, 2.45) is 0 Å². The zero-order valence-corrected chi connectivity index (χ0v) is 14.6. The first-order chi connectivity index (χ1) is 12.1. The lowest BCUT2D eigenvalue weighted by atomic mass is 10.2. The fourth-order valence-corrected chi connectivity index (χ4v) is 3.16. The van der Waals surface area contributed by atoms with Crippen LogP contribution in [0.3, 0.4) is 0 Å². The molecular formula is C18H17N3O3S. The number of aromatic nitrogens is 3. The average Bonchev–Trinajstić information content (AvgIpc) is 3.05. The van der Waals surface area contributed by atoms with Crippen LogP contribution in [-0.2, 0) is 4.79 Å². The summed E-state index contributed by atoms with van der Waals surface area (Å²) in [4.78, 5) is 11.2. The second-order valence-corrected chi connectivity index (χ2v) is 6.59. The number of carboxylic acids is 1. The van der Waals surface area contributed by atoms with E-state index in [0.29, 0.717) is 16.7 Å². The van der Waals surface area contributed by atoms with Gasteiger partial charge in [0, 0.05) is 5.56 Å². The van der Waals surface area contributed by atoms with Crippen molar-refractivity contribution in [1.82, 2.24) is 14.8 Å². The third-order valence-electron chi connectivity index (χ3n) is 3.62. The van der Waals surface area contributed by atoms with E-state index in [-0.39, 0.29) is 0 Å². The van der Waals surface area contributed by atoms with E-state index in [1.807, 2.05) is 59.2 Å². The molecule has 0 amide bonds. The van der Waals surface area contributed by atoms with Crippen molar-refractivity contribution in [2.75, 3.05) is 7.11 Å². The normalized spacial score (nSPS) is 11.9. The second kappa shape index (κ2) is 7.40. The minimum atomic E-state index is -0.902. The summed E-state index contributed by atoms with van der Waals surface area (Å²) in [5.41, 5.74) is 1.64. The van der Waals surface area contributed by atoms with E-state index in [4.69, 9.17) is 4.74 Å². The summed E-state index contributed by atoms with van der Waals surface area (Å²) in [6, 6.07) is 17.1. The fraction of sp³-hybridized carbons (Fsp3) is 0.167. The summed E-state index contributed by atoms with van der Waals surface area (Å²) in [6.45, 7) is 1.62. The number of hydrogen-bond acceptors (Lipinski definition) is 5. The molecule has 0 radical (unpaired) electrons. The molecule has 1 N–H and O–H groups in total. The molecule has 0 saturated heterocycles. The maximum Gasteiger partial charge on any atom is 0.316 e. The third-order valence-corrected chi connectivity index (χ3v) is 4.65. The smallest absolute Gasteiger partial charge is 0.316 e. The van der Waals surface area contributed by atoms with Crippen LogP contribution in [0, 0.1) is 0 Å².